The highest BCUT2D eigenvalue weighted by atomic mass is 16.6. The van der Waals surface area contributed by atoms with Crippen LogP contribution < -0.4 is 0 Å². The third kappa shape index (κ3) is 5.99. The maximum absolute atomic E-state index is 12.4. The van der Waals surface area contributed by atoms with Crippen LogP contribution in [-0.2, 0) is 19.1 Å². The average Bonchev–Trinajstić information content (AvgIpc) is 3.61. The second-order valence-electron chi connectivity index (χ2n) is 9.97. The van der Waals surface area contributed by atoms with Crippen molar-refractivity contribution in [3.05, 3.63) is 59.2 Å². The summed E-state index contributed by atoms with van der Waals surface area (Å²) in [5, 5.41) is 10.7. The molecular weight excluding hydrogens is 462 g/mol. The largest absolute Gasteiger partial charge is 0.455 e. The summed E-state index contributed by atoms with van der Waals surface area (Å²) in [5.74, 6) is -1.00. The monoisotopic (exact) mass is 495 g/mol. The van der Waals surface area contributed by atoms with Crippen molar-refractivity contribution in [3.63, 3.8) is 0 Å². The number of carbonyl (C=O) groups is 4. The van der Waals surface area contributed by atoms with Crippen LogP contribution in [0, 0.1) is 0 Å². The standard InChI is InChI=1S/C28H33NO7/c1-18(30)35-23-19(17-22(31)24-25(23)36-24)13-15-28(2,34)14-9-5-3-4-6-10-16-29-26(32)20-11-7-8-12-21(20)27(29)33/h7-8,11-13,15,17,23-25,34H,3-6,9-10,14,16H2,1-2H3/b15-13+/t23-,24-,25+,28?/m0/s1. The van der Waals surface area contributed by atoms with Crippen LogP contribution in [0.3, 0.4) is 0 Å². The van der Waals surface area contributed by atoms with Crippen LogP contribution in [0.15, 0.2) is 48.1 Å². The lowest BCUT2D eigenvalue weighted by Crippen LogP contribution is -2.32. The molecule has 4 rings (SSSR count). The maximum Gasteiger partial charge on any atom is 0.303 e. The van der Waals surface area contributed by atoms with E-state index in [-0.39, 0.29) is 17.6 Å². The van der Waals surface area contributed by atoms with E-state index < -0.39 is 29.9 Å². The number of hydrogen-bond acceptors (Lipinski definition) is 7. The molecule has 1 N–H and O–H groups in total. The first-order chi connectivity index (χ1) is 17.2. The van der Waals surface area contributed by atoms with Crippen molar-refractivity contribution >= 4 is 23.6 Å². The van der Waals surface area contributed by atoms with Gasteiger partial charge < -0.3 is 14.6 Å². The molecule has 1 aromatic carbocycles. The quantitative estimate of drug-likeness (QED) is 0.204. The Balaban J connectivity index is 1.13. The molecule has 1 aliphatic carbocycles. The molecule has 1 fully saturated rings. The molecule has 0 bridgehead atoms. The number of epoxide rings is 1. The highest BCUT2D eigenvalue weighted by Gasteiger charge is 2.54. The van der Waals surface area contributed by atoms with E-state index in [4.69, 9.17) is 9.47 Å². The first-order valence-electron chi connectivity index (χ1n) is 12.6. The SMILES string of the molecule is CC(=O)O[C@H]1C(/C=C/C(C)(O)CCCCCCCCN2C(=O)c3ccccc3C2=O)=CC(=O)[C@@H]2O[C@@H]21. The predicted octanol–water partition coefficient (Wildman–Crippen LogP) is 3.53. The van der Waals surface area contributed by atoms with Gasteiger partial charge in [0, 0.05) is 13.5 Å². The minimum atomic E-state index is -1.06. The van der Waals surface area contributed by atoms with Crippen LogP contribution in [0.1, 0.15) is 79.5 Å². The van der Waals surface area contributed by atoms with Crippen molar-refractivity contribution in [3.8, 4) is 0 Å². The summed E-state index contributed by atoms with van der Waals surface area (Å²) in [6.45, 7) is 3.47. The number of imide groups is 1. The lowest BCUT2D eigenvalue weighted by atomic mass is 9.91. The van der Waals surface area contributed by atoms with E-state index in [1.54, 1.807) is 43.3 Å². The minimum absolute atomic E-state index is 0.148. The number of hydrogen-bond donors (Lipinski definition) is 1. The molecule has 36 heavy (non-hydrogen) atoms. The summed E-state index contributed by atoms with van der Waals surface area (Å²) in [7, 11) is 0. The fourth-order valence-corrected chi connectivity index (χ4v) is 4.82. The topological polar surface area (TPSA) is 114 Å². The second kappa shape index (κ2) is 10.9. The van der Waals surface area contributed by atoms with Crippen LogP contribution in [-0.4, -0.2) is 64.0 Å². The lowest BCUT2D eigenvalue weighted by molar-refractivity contribution is -0.145. The number of amides is 2. The zero-order valence-corrected chi connectivity index (χ0v) is 20.8. The molecule has 2 heterocycles. The molecule has 8 heteroatoms. The number of fused-ring (bicyclic) bond motifs is 2. The Morgan fingerprint density at radius 3 is 2.31 bits per heavy atom. The fourth-order valence-electron chi connectivity index (χ4n) is 4.82. The fraction of sp³-hybridized carbons (Fsp3) is 0.500. The summed E-state index contributed by atoms with van der Waals surface area (Å²) in [4.78, 5) is 49.5. The molecule has 192 valence electrons. The van der Waals surface area contributed by atoms with Crippen LogP contribution in [0.5, 0.6) is 0 Å². The summed E-state index contributed by atoms with van der Waals surface area (Å²) < 4.78 is 10.6. The van der Waals surface area contributed by atoms with Gasteiger partial charge in [0.1, 0.15) is 6.10 Å². The first kappa shape index (κ1) is 26.0. The molecule has 4 atom stereocenters. The van der Waals surface area contributed by atoms with Gasteiger partial charge in [-0.3, -0.25) is 24.1 Å². The van der Waals surface area contributed by atoms with Gasteiger partial charge in [0.05, 0.1) is 16.7 Å². The molecule has 1 aromatic rings. The molecule has 0 saturated carbocycles. The van der Waals surface area contributed by atoms with Gasteiger partial charge in [-0.25, -0.2) is 0 Å². The molecule has 1 unspecified atom stereocenters. The smallest absolute Gasteiger partial charge is 0.303 e. The minimum Gasteiger partial charge on any atom is -0.455 e. The molecule has 1 saturated heterocycles. The molecule has 2 aliphatic heterocycles. The Morgan fingerprint density at radius 2 is 1.67 bits per heavy atom. The molecule has 3 aliphatic rings. The summed E-state index contributed by atoms with van der Waals surface area (Å²) in [6, 6.07) is 6.93. The second-order valence-corrected chi connectivity index (χ2v) is 9.97. The van der Waals surface area contributed by atoms with Gasteiger partial charge in [0.15, 0.2) is 18.0 Å². The average molecular weight is 496 g/mol. The third-order valence-corrected chi connectivity index (χ3v) is 6.86. The Labute approximate surface area is 210 Å². The van der Waals surface area contributed by atoms with E-state index in [1.165, 1.54) is 17.9 Å². The van der Waals surface area contributed by atoms with Gasteiger partial charge in [0.25, 0.3) is 11.8 Å². The molecule has 8 nitrogen and oxygen atoms in total. The Morgan fingerprint density at radius 1 is 1.06 bits per heavy atom. The highest BCUT2D eigenvalue weighted by Crippen LogP contribution is 2.37. The Hall–Kier alpha value is -3.10. The number of ketones is 1. The van der Waals surface area contributed by atoms with Crippen molar-refractivity contribution in [2.24, 2.45) is 0 Å². The van der Waals surface area contributed by atoms with Gasteiger partial charge in [-0.15, -0.1) is 0 Å². The number of ether oxygens (including phenoxy) is 2. The van der Waals surface area contributed by atoms with Crippen LogP contribution in [0.4, 0.5) is 0 Å². The van der Waals surface area contributed by atoms with E-state index >= 15 is 0 Å². The van der Waals surface area contributed by atoms with Crippen LogP contribution in [0.25, 0.3) is 0 Å². The number of unbranched alkanes of at least 4 members (excludes halogenated alkanes) is 5. The van der Waals surface area contributed by atoms with Gasteiger partial charge in [0.2, 0.25) is 0 Å². The van der Waals surface area contributed by atoms with E-state index in [2.05, 4.69) is 0 Å². The summed E-state index contributed by atoms with van der Waals surface area (Å²) in [6.07, 6.45) is 9.15. The molecular formula is C28H33NO7. The molecule has 0 spiro atoms. The van der Waals surface area contributed by atoms with Gasteiger partial charge in [-0.05, 0) is 43.5 Å². The zero-order valence-electron chi connectivity index (χ0n) is 20.8. The number of aliphatic hydroxyl groups is 1. The highest BCUT2D eigenvalue weighted by molar-refractivity contribution is 6.21. The van der Waals surface area contributed by atoms with Crippen molar-refractivity contribution in [2.45, 2.75) is 82.7 Å². The van der Waals surface area contributed by atoms with Gasteiger partial charge in [-0.1, -0.05) is 56.4 Å². The van der Waals surface area contributed by atoms with E-state index in [0.717, 1.165) is 38.5 Å². The zero-order chi connectivity index (χ0) is 25.9. The van der Waals surface area contributed by atoms with Crippen molar-refractivity contribution in [1.82, 2.24) is 4.90 Å². The number of rotatable bonds is 12. The van der Waals surface area contributed by atoms with E-state index in [1.807, 2.05) is 0 Å². The van der Waals surface area contributed by atoms with Crippen molar-refractivity contribution in [2.75, 3.05) is 6.54 Å². The number of carbonyl (C=O) groups excluding carboxylic acids is 4. The normalized spacial score (nSPS) is 24.4. The number of esters is 1. The van der Waals surface area contributed by atoms with Crippen LogP contribution in [0.2, 0.25) is 0 Å². The third-order valence-electron chi connectivity index (χ3n) is 6.86. The molecule has 0 aromatic heterocycles. The number of nitrogens with zero attached hydrogens (tertiary/aromatic N) is 1. The van der Waals surface area contributed by atoms with Gasteiger partial charge >= 0.3 is 5.97 Å². The number of benzene rings is 1. The Bertz CT molecular complexity index is 1070. The Kier molecular flexibility index (Phi) is 7.85. The van der Waals surface area contributed by atoms with E-state index in [9.17, 15) is 24.3 Å². The van der Waals surface area contributed by atoms with Gasteiger partial charge in [-0.2, -0.15) is 0 Å². The van der Waals surface area contributed by atoms with Crippen LogP contribution >= 0.6 is 0 Å². The molecule has 0 radical (unpaired) electrons. The first-order valence-corrected chi connectivity index (χ1v) is 12.6. The van der Waals surface area contributed by atoms with Crippen molar-refractivity contribution in [1.29, 1.82) is 0 Å². The summed E-state index contributed by atoms with van der Waals surface area (Å²) in [5.41, 5.74) is 0.452. The molecule has 2 amide bonds. The predicted molar refractivity (Wildman–Crippen MR) is 131 cm³/mol. The lowest BCUT2D eigenvalue weighted by Gasteiger charge is -2.22. The summed E-state index contributed by atoms with van der Waals surface area (Å²) >= 11 is 0. The van der Waals surface area contributed by atoms with Crippen molar-refractivity contribution < 1.29 is 33.8 Å². The maximum atomic E-state index is 12.4. The van der Waals surface area contributed by atoms with E-state index in [0.29, 0.717) is 29.7 Å².